The zero-order valence-electron chi connectivity index (χ0n) is 11.8. The van der Waals surface area contributed by atoms with Crippen molar-refractivity contribution in [1.82, 2.24) is 5.32 Å². The van der Waals surface area contributed by atoms with E-state index in [4.69, 9.17) is 4.74 Å². The Balaban J connectivity index is 1.56. The molecule has 2 saturated heterocycles. The minimum Gasteiger partial charge on any atom is -0.392 e. The lowest BCUT2D eigenvalue weighted by molar-refractivity contribution is -0.0734. The average Bonchev–Trinajstić information content (AvgIpc) is 2.75. The molecule has 0 aromatic carbocycles. The maximum atomic E-state index is 10.2. The van der Waals surface area contributed by atoms with Gasteiger partial charge in [0.2, 0.25) is 0 Å². The lowest BCUT2D eigenvalue weighted by Crippen LogP contribution is -2.52. The Morgan fingerprint density at radius 3 is 2.89 bits per heavy atom. The third-order valence-electron chi connectivity index (χ3n) is 4.99. The van der Waals surface area contributed by atoms with E-state index in [2.05, 4.69) is 5.32 Å². The summed E-state index contributed by atoms with van der Waals surface area (Å²) in [6.45, 7) is 0.890. The molecule has 110 valence electrons. The van der Waals surface area contributed by atoms with Crippen LogP contribution >= 0.6 is 11.8 Å². The number of hydrogen-bond donors (Lipinski definition) is 2. The molecular formula is C15H27NO2S. The first-order chi connectivity index (χ1) is 9.27. The summed E-state index contributed by atoms with van der Waals surface area (Å²) in [4.78, 5) is 0. The molecule has 4 unspecified atom stereocenters. The Morgan fingerprint density at radius 1 is 1.16 bits per heavy atom. The molecular weight excluding hydrogens is 258 g/mol. The van der Waals surface area contributed by atoms with Crippen molar-refractivity contribution in [2.24, 2.45) is 0 Å². The van der Waals surface area contributed by atoms with Crippen LogP contribution in [0.25, 0.3) is 0 Å². The topological polar surface area (TPSA) is 41.5 Å². The predicted octanol–water partition coefficient (Wildman–Crippen LogP) is 2.32. The summed E-state index contributed by atoms with van der Waals surface area (Å²) in [5.41, 5.74) is 0.149. The Kier molecular flexibility index (Phi) is 4.73. The van der Waals surface area contributed by atoms with Crippen molar-refractivity contribution in [1.29, 1.82) is 0 Å². The second kappa shape index (κ2) is 6.33. The van der Waals surface area contributed by atoms with Gasteiger partial charge in [0.15, 0.2) is 0 Å². The highest BCUT2D eigenvalue weighted by Crippen LogP contribution is 2.38. The lowest BCUT2D eigenvalue weighted by Gasteiger charge is -2.40. The molecule has 4 atom stereocenters. The minimum absolute atomic E-state index is 0.140. The summed E-state index contributed by atoms with van der Waals surface area (Å²) in [6, 6.07) is 0.863. The van der Waals surface area contributed by atoms with Gasteiger partial charge in [-0.2, -0.15) is 11.8 Å². The highest BCUT2D eigenvalue weighted by atomic mass is 32.2. The number of aliphatic hydroxyl groups excluding tert-OH is 1. The van der Waals surface area contributed by atoms with E-state index in [-0.39, 0.29) is 11.7 Å². The van der Waals surface area contributed by atoms with E-state index in [0.29, 0.717) is 12.1 Å². The fraction of sp³-hybridized carbons (Fsp3) is 1.00. The van der Waals surface area contributed by atoms with E-state index in [1.807, 2.05) is 11.8 Å². The van der Waals surface area contributed by atoms with Crippen LogP contribution in [0, 0.1) is 0 Å². The summed E-state index contributed by atoms with van der Waals surface area (Å²) in [5.74, 6) is 2.41. The van der Waals surface area contributed by atoms with Gasteiger partial charge in [0, 0.05) is 24.4 Å². The maximum Gasteiger partial charge on any atom is 0.0795 e. The number of thioether (sulfide) groups is 1. The third-order valence-corrected chi connectivity index (χ3v) is 6.21. The van der Waals surface area contributed by atoms with Crippen LogP contribution in [0.4, 0.5) is 0 Å². The Bertz CT molecular complexity index is 294. The van der Waals surface area contributed by atoms with Gasteiger partial charge < -0.3 is 15.2 Å². The molecule has 2 heterocycles. The van der Waals surface area contributed by atoms with Crippen LogP contribution in [0.15, 0.2) is 0 Å². The van der Waals surface area contributed by atoms with Gasteiger partial charge in [0.05, 0.1) is 11.7 Å². The van der Waals surface area contributed by atoms with Gasteiger partial charge in [0.1, 0.15) is 0 Å². The molecule has 0 aromatic heterocycles. The van der Waals surface area contributed by atoms with Crippen LogP contribution in [0.2, 0.25) is 0 Å². The van der Waals surface area contributed by atoms with Gasteiger partial charge in [0.25, 0.3) is 0 Å². The molecule has 3 aliphatic rings. The van der Waals surface area contributed by atoms with Crippen LogP contribution in [0.1, 0.15) is 51.4 Å². The summed E-state index contributed by atoms with van der Waals surface area (Å²) >= 11 is 2.03. The molecule has 3 nitrogen and oxygen atoms in total. The standard InChI is InChI=1S/C15H27NO2S/c17-14-5-3-1-2-4-13(14)16-12-6-8-18-15(10-12)7-9-19-11-15/h12-14,16-17H,1-11H2. The Morgan fingerprint density at radius 2 is 2.05 bits per heavy atom. The fourth-order valence-corrected chi connectivity index (χ4v) is 5.20. The summed E-state index contributed by atoms with van der Waals surface area (Å²) in [6.07, 6.45) is 9.17. The van der Waals surface area contributed by atoms with Crippen LogP contribution in [0.5, 0.6) is 0 Å². The van der Waals surface area contributed by atoms with Crippen molar-refractivity contribution in [2.75, 3.05) is 18.1 Å². The van der Waals surface area contributed by atoms with Gasteiger partial charge in [-0.05, 0) is 37.9 Å². The molecule has 1 aliphatic carbocycles. The molecule has 1 spiro atoms. The highest BCUT2D eigenvalue weighted by molar-refractivity contribution is 7.99. The molecule has 0 bridgehead atoms. The zero-order valence-corrected chi connectivity index (χ0v) is 12.6. The number of hydrogen-bond acceptors (Lipinski definition) is 4. The van der Waals surface area contributed by atoms with Gasteiger partial charge in [-0.3, -0.25) is 0 Å². The Hall–Kier alpha value is 0.230. The van der Waals surface area contributed by atoms with Crippen molar-refractivity contribution in [3.63, 3.8) is 0 Å². The molecule has 1 saturated carbocycles. The number of aliphatic hydroxyl groups is 1. The van der Waals surface area contributed by atoms with Crippen LogP contribution < -0.4 is 5.32 Å². The lowest BCUT2D eigenvalue weighted by atomic mass is 9.89. The maximum absolute atomic E-state index is 10.2. The molecule has 0 aromatic rings. The van der Waals surface area contributed by atoms with E-state index >= 15 is 0 Å². The van der Waals surface area contributed by atoms with Gasteiger partial charge >= 0.3 is 0 Å². The smallest absolute Gasteiger partial charge is 0.0795 e. The summed E-state index contributed by atoms with van der Waals surface area (Å²) in [5, 5.41) is 14.0. The van der Waals surface area contributed by atoms with Crippen molar-refractivity contribution in [3.05, 3.63) is 0 Å². The zero-order chi connectivity index (χ0) is 13.1. The predicted molar refractivity (Wildman–Crippen MR) is 79.7 cm³/mol. The molecule has 19 heavy (non-hydrogen) atoms. The largest absolute Gasteiger partial charge is 0.392 e. The SMILES string of the molecule is OC1CCCCCC1NC1CCOC2(CCSC2)C1. The monoisotopic (exact) mass is 285 g/mol. The number of nitrogens with one attached hydrogen (secondary N) is 1. The van der Waals surface area contributed by atoms with E-state index < -0.39 is 0 Å². The summed E-state index contributed by atoms with van der Waals surface area (Å²) < 4.78 is 6.07. The molecule has 0 radical (unpaired) electrons. The van der Waals surface area contributed by atoms with Crippen molar-refractivity contribution >= 4 is 11.8 Å². The minimum atomic E-state index is -0.140. The first-order valence-electron chi connectivity index (χ1n) is 7.93. The van der Waals surface area contributed by atoms with E-state index in [0.717, 1.165) is 32.3 Å². The highest BCUT2D eigenvalue weighted by Gasteiger charge is 2.41. The van der Waals surface area contributed by atoms with Crippen LogP contribution in [-0.4, -0.2) is 47.0 Å². The molecule has 0 amide bonds. The van der Waals surface area contributed by atoms with Crippen molar-refractivity contribution in [2.45, 2.75) is 75.2 Å². The first kappa shape index (κ1) is 14.2. The van der Waals surface area contributed by atoms with Crippen molar-refractivity contribution in [3.8, 4) is 0 Å². The number of rotatable bonds is 2. The normalized spacial score (nSPS) is 44.4. The molecule has 2 aliphatic heterocycles. The second-order valence-corrected chi connectivity index (χ2v) is 7.61. The van der Waals surface area contributed by atoms with E-state index in [1.54, 1.807) is 0 Å². The van der Waals surface area contributed by atoms with Gasteiger partial charge in [-0.1, -0.05) is 19.3 Å². The van der Waals surface area contributed by atoms with Gasteiger partial charge in [-0.15, -0.1) is 0 Å². The molecule has 2 N–H and O–H groups in total. The van der Waals surface area contributed by atoms with Gasteiger partial charge in [-0.25, -0.2) is 0 Å². The fourth-order valence-electron chi connectivity index (χ4n) is 3.82. The molecule has 3 rings (SSSR count). The van der Waals surface area contributed by atoms with Crippen molar-refractivity contribution < 1.29 is 9.84 Å². The van der Waals surface area contributed by atoms with Crippen LogP contribution in [-0.2, 0) is 4.74 Å². The second-order valence-electron chi connectivity index (χ2n) is 6.50. The molecule has 4 heteroatoms. The average molecular weight is 285 g/mol. The number of ether oxygens (including phenoxy) is 1. The molecule has 3 fully saturated rings. The quantitative estimate of drug-likeness (QED) is 0.764. The Labute approximate surface area is 120 Å². The van der Waals surface area contributed by atoms with E-state index in [9.17, 15) is 5.11 Å². The van der Waals surface area contributed by atoms with E-state index in [1.165, 1.54) is 37.2 Å². The summed E-state index contributed by atoms with van der Waals surface area (Å²) in [7, 11) is 0. The first-order valence-corrected chi connectivity index (χ1v) is 9.09. The third kappa shape index (κ3) is 3.46. The van der Waals surface area contributed by atoms with Crippen LogP contribution in [0.3, 0.4) is 0 Å².